The van der Waals surface area contributed by atoms with Crippen molar-refractivity contribution in [2.45, 2.75) is 6.54 Å². The molecule has 92 valence electrons. The number of halogens is 1. The van der Waals surface area contributed by atoms with Crippen molar-refractivity contribution < 1.29 is 4.79 Å². The number of carbonyl (C=O) groups is 1. The van der Waals surface area contributed by atoms with Gasteiger partial charge in [-0.15, -0.1) is 0 Å². The maximum Gasteiger partial charge on any atom is 0.253 e. The van der Waals surface area contributed by atoms with E-state index in [9.17, 15) is 4.79 Å². The van der Waals surface area contributed by atoms with E-state index < -0.39 is 0 Å². The number of hydrogen-bond acceptors (Lipinski definition) is 1. The van der Waals surface area contributed by atoms with E-state index >= 15 is 0 Å². The summed E-state index contributed by atoms with van der Waals surface area (Å²) in [4.78, 5) is 13.9. The van der Waals surface area contributed by atoms with Gasteiger partial charge in [-0.3, -0.25) is 4.79 Å². The van der Waals surface area contributed by atoms with Crippen molar-refractivity contribution in [1.29, 1.82) is 0 Å². The summed E-state index contributed by atoms with van der Waals surface area (Å²) in [5, 5.41) is 0. The molecule has 2 rings (SSSR count). The predicted octanol–water partition coefficient (Wildman–Crippen LogP) is 3.56. The minimum atomic E-state index is 0.0512. The van der Waals surface area contributed by atoms with Crippen LogP contribution in [-0.2, 0) is 6.54 Å². The zero-order valence-electron chi connectivity index (χ0n) is 10.1. The number of nitrogens with zero attached hydrogens (tertiary/aromatic N) is 1. The molecule has 0 atom stereocenters. The van der Waals surface area contributed by atoms with Crippen LogP contribution in [0, 0.1) is 3.57 Å². The van der Waals surface area contributed by atoms with E-state index in [0.29, 0.717) is 6.54 Å². The third kappa shape index (κ3) is 3.32. The van der Waals surface area contributed by atoms with Crippen molar-refractivity contribution in [2.75, 3.05) is 7.05 Å². The van der Waals surface area contributed by atoms with Gasteiger partial charge in [0, 0.05) is 22.7 Å². The van der Waals surface area contributed by atoms with Crippen LogP contribution in [0.15, 0.2) is 54.6 Å². The Labute approximate surface area is 121 Å². The summed E-state index contributed by atoms with van der Waals surface area (Å²) < 4.78 is 1.13. The van der Waals surface area contributed by atoms with Crippen molar-refractivity contribution >= 4 is 28.5 Å². The van der Waals surface area contributed by atoms with Gasteiger partial charge in [0.2, 0.25) is 0 Å². The monoisotopic (exact) mass is 351 g/mol. The van der Waals surface area contributed by atoms with E-state index in [4.69, 9.17) is 0 Å². The molecule has 0 aliphatic carbocycles. The van der Waals surface area contributed by atoms with Crippen LogP contribution in [0.2, 0.25) is 0 Å². The van der Waals surface area contributed by atoms with E-state index in [-0.39, 0.29) is 5.91 Å². The lowest BCUT2D eigenvalue weighted by atomic mass is 10.1. The molecule has 0 aliphatic heterocycles. The first kappa shape index (κ1) is 13.1. The zero-order chi connectivity index (χ0) is 13.0. The molecule has 0 radical (unpaired) electrons. The van der Waals surface area contributed by atoms with Crippen molar-refractivity contribution in [2.24, 2.45) is 0 Å². The fourth-order valence-corrected chi connectivity index (χ4v) is 2.10. The smallest absolute Gasteiger partial charge is 0.253 e. The molecule has 2 aromatic rings. The molecule has 0 unspecified atom stereocenters. The molecule has 0 bridgehead atoms. The Morgan fingerprint density at radius 3 is 2.28 bits per heavy atom. The highest BCUT2D eigenvalue weighted by Crippen LogP contribution is 2.11. The Balaban J connectivity index is 2.07. The Kier molecular flexibility index (Phi) is 4.36. The van der Waals surface area contributed by atoms with Gasteiger partial charge in [-0.1, -0.05) is 30.3 Å². The van der Waals surface area contributed by atoms with Crippen LogP contribution in [0.3, 0.4) is 0 Å². The second kappa shape index (κ2) is 6.00. The molecule has 2 nitrogen and oxygen atoms in total. The highest BCUT2D eigenvalue weighted by Gasteiger charge is 2.11. The van der Waals surface area contributed by atoms with Gasteiger partial charge < -0.3 is 4.90 Å². The summed E-state index contributed by atoms with van der Waals surface area (Å²) in [5.74, 6) is 0.0512. The van der Waals surface area contributed by atoms with Gasteiger partial charge in [0.05, 0.1) is 0 Å². The highest BCUT2D eigenvalue weighted by molar-refractivity contribution is 14.1. The number of hydrogen-bond donors (Lipinski definition) is 0. The summed E-state index contributed by atoms with van der Waals surface area (Å²) in [6, 6.07) is 17.6. The van der Waals surface area contributed by atoms with E-state index in [1.54, 1.807) is 4.90 Å². The average molecular weight is 351 g/mol. The number of benzene rings is 2. The summed E-state index contributed by atoms with van der Waals surface area (Å²) >= 11 is 2.23. The summed E-state index contributed by atoms with van der Waals surface area (Å²) in [7, 11) is 1.83. The highest BCUT2D eigenvalue weighted by atomic mass is 127. The fraction of sp³-hybridized carbons (Fsp3) is 0.133. The summed E-state index contributed by atoms with van der Waals surface area (Å²) in [6.45, 7) is 0.631. The maximum atomic E-state index is 12.2. The zero-order valence-corrected chi connectivity index (χ0v) is 12.3. The molecule has 2 aromatic carbocycles. The van der Waals surface area contributed by atoms with Crippen LogP contribution >= 0.6 is 22.6 Å². The van der Waals surface area contributed by atoms with Gasteiger partial charge in [0.1, 0.15) is 0 Å². The van der Waals surface area contributed by atoms with Crippen molar-refractivity contribution in [3.8, 4) is 0 Å². The van der Waals surface area contributed by atoms with Crippen molar-refractivity contribution in [3.63, 3.8) is 0 Å². The molecular formula is C15H14INO. The number of rotatable bonds is 3. The SMILES string of the molecule is CN(Cc1ccccc1)C(=O)c1ccc(I)cc1. The minimum Gasteiger partial charge on any atom is -0.337 e. The van der Waals surface area contributed by atoms with Gasteiger partial charge in [-0.05, 0) is 52.4 Å². The quantitative estimate of drug-likeness (QED) is 0.775. The Hall–Kier alpha value is -1.36. The topological polar surface area (TPSA) is 20.3 Å². The molecule has 0 spiro atoms. The van der Waals surface area contributed by atoms with Crippen LogP contribution in [0.4, 0.5) is 0 Å². The second-order valence-electron chi connectivity index (χ2n) is 4.15. The molecule has 0 heterocycles. The molecule has 0 saturated carbocycles. The average Bonchev–Trinajstić information content (AvgIpc) is 2.40. The number of amides is 1. The molecule has 0 aromatic heterocycles. The lowest BCUT2D eigenvalue weighted by Gasteiger charge is -2.17. The van der Waals surface area contributed by atoms with E-state index in [1.807, 2.05) is 61.6 Å². The first-order valence-electron chi connectivity index (χ1n) is 5.72. The molecule has 0 saturated heterocycles. The fourth-order valence-electron chi connectivity index (χ4n) is 1.74. The van der Waals surface area contributed by atoms with Crippen LogP contribution in [-0.4, -0.2) is 17.9 Å². The van der Waals surface area contributed by atoms with Crippen LogP contribution in [0.1, 0.15) is 15.9 Å². The van der Waals surface area contributed by atoms with Crippen LogP contribution < -0.4 is 0 Å². The summed E-state index contributed by atoms with van der Waals surface area (Å²) in [5.41, 5.74) is 1.87. The first-order valence-corrected chi connectivity index (χ1v) is 6.79. The molecule has 0 N–H and O–H groups in total. The number of carbonyl (C=O) groups excluding carboxylic acids is 1. The molecule has 0 fully saturated rings. The summed E-state index contributed by atoms with van der Waals surface area (Å²) in [6.07, 6.45) is 0. The van der Waals surface area contributed by atoms with Gasteiger partial charge in [-0.2, -0.15) is 0 Å². The van der Waals surface area contributed by atoms with Gasteiger partial charge in [0.25, 0.3) is 5.91 Å². The maximum absolute atomic E-state index is 12.2. The molecule has 18 heavy (non-hydrogen) atoms. The lowest BCUT2D eigenvalue weighted by molar-refractivity contribution is 0.0785. The molecule has 0 aliphatic rings. The van der Waals surface area contributed by atoms with Crippen LogP contribution in [0.25, 0.3) is 0 Å². The Morgan fingerprint density at radius 2 is 1.67 bits per heavy atom. The third-order valence-electron chi connectivity index (χ3n) is 2.70. The van der Waals surface area contributed by atoms with Gasteiger partial charge >= 0.3 is 0 Å². The largest absolute Gasteiger partial charge is 0.337 e. The van der Waals surface area contributed by atoms with Crippen LogP contribution in [0.5, 0.6) is 0 Å². The van der Waals surface area contributed by atoms with Gasteiger partial charge in [-0.25, -0.2) is 0 Å². The Morgan fingerprint density at radius 1 is 1.06 bits per heavy atom. The minimum absolute atomic E-state index is 0.0512. The molecule has 1 amide bonds. The lowest BCUT2D eigenvalue weighted by Crippen LogP contribution is -2.26. The predicted molar refractivity (Wildman–Crippen MR) is 81.4 cm³/mol. The normalized spacial score (nSPS) is 10.1. The molecule has 3 heteroatoms. The van der Waals surface area contributed by atoms with Gasteiger partial charge in [0.15, 0.2) is 0 Å². The van der Waals surface area contributed by atoms with E-state index in [0.717, 1.165) is 14.7 Å². The molecular weight excluding hydrogens is 337 g/mol. The van der Waals surface area contributed by atoms with E-state index in [2.05, 4.69) is 22.6 Å². The second-order valence-corrected chi connectivity index (χ2v) is 5.40. The third-order valence-corrected chi connectivity index (χ3v) is 3.42. The standard InChI is InChI=1S/C15H14INO/c1-17(11-12-5-3-2-4-6-12)15(18)13-7-9-14(16)10-8-13/h2-10H,11H2,1H3. The first-order chi connectivity index (χ1) is 8.66. The van der Waals surface area contributed by atoms with Crippen molar-refractivity contribution in [3.05, 3.63) is 69.3 Å². The Bertz CT molecular complexity index is 522. The van der Waals surface area contributed by atoms with E-state index in [1.165, 1.54) is 0 Å². The van der Waals surface area contributed by atoms with Crippen molar-refractivity contribution in [1.82, 2.24) is 4.90 Å².